The lowest BCUT2D eigenvalue weighted by Crippen LogP contribution is -2.51. The highest BCUT2D eigenvalue weighted by Crippen LogP contribution is 2.69. The number of hydrogen-bond acceptors (Lipinski definition) is 4. The fraction of sp³-hybridized carbons (Fsp3) is 0.542. The summed E-state index contributed by atoms with van der Waals surface area (Å²) in [5, 5.41) is 17.5. The Balaban J connectivity index is 1.71. The smallest absolute Gasteiger partial charge is 0.409 e. The van der Waals surface area contributed by atoms with Crippen LogP contribution >= 0.6 is 0 Å². The van der Waals surface area contributed by atoms with Gasteiger partial charge < -0.3 is 20.5 Å². The lowest BCUT2D eigenvalue weighted by molar-refractivity contribution is 0.0404. The summed E-state index contributed by atoms with van der Waals surface area (Å²) < 4.78 is 33.4. The fourth-order valence-corrected chi connectivity index (χ4v) is 6.55. The van der Waals surface area contributed by atoms with Crippen LogP contribution in [0.15, 0.2) is 29.8 Å². The Bertz CT molecular complexity index is 967. The molecule has 0 aromatic heterocycles. The van der Waals surface area contributed by atoms with E-state index in [1.165, 1.54) is 19.3 Å². The van der Waals surface area contributed by atoms with E-state index in [4.69, 9.17) is 15.6 Å². The van der Waals surface area contributed by atoms with Crippen molar-refractivity contribution in [2.75, 3.05) is 20.2 Å². The Labute approximate surface area is 181 Å². The molecule has 31 heavy (non-hydrogen) atoms. The second-order valence-corrected chi connectivity index (χ2v) is 9.52. The topological polar surface area (TPSA) is 77.2 Å². The van der Waals surface area contributed by atoms with E-state index in [2.05, 4.69) is 13.8 Å². The summed E-state index contributed by atoms with van der Waals surface area (Å²) in [7, 11) is 1.38. The first-order valence-electron chi connectivity index (χ1n) is 10.8. The zero-order valence-electron chi connectivity index (χ0n) is 18.2. The minimum absolute atomic E-state index is 0.0451. The Morgan fingerprint density at radius 1 is 1.26 bits per heavy atom. The zero-order chi connectivity index (χ0) is 22.6. The van der Waals surface area contributed by atoms with Gasteiger partial charge in [-0.2, -0.15) is 0 Å². The number of rotatable bonds is 3. The largest absolute Gasteiger partial charge is 0.453 e. The third kappa shape index (κ3) is 3.04. The van der Waals surface area contributed by atoms with Gasteiger partial charge in [0.25, 0.3) is 0 Å². The van der Waals surface area contributed by atoms with E-state index in [-0.39, 0.29) is 34.6 Å². The lowest BCUT2D eigenvalue weighted by atomic mass is 9.59. The first-order valence-corrected chi connectivity index (χ1v) is 10.8. The number of carbonyl (C=O) groups is 1. The van der Waals surface area contributed by atoms with E-state index in [0.29, 0.717) is 24.4 Å². The summed E-state index contributed by atoms with van der Waals surface area (Å²) in [6.07, 6.45) is 4.64. The summed E-state index contributed by atoms with van der Waals surface area (Å²) >= 11 is 0. The van der Waals surface area contributed by atoms with Crippen LogP contribution in [0.2, 0.25) is 0 Å². The van der Waals surface area contributed by atoms with Gasteiger partial charge in [-0.05, 0) is 66.7 Å². The van der Waals surface area contributed by atoms with Gasteiger partial charge in [0.1, 0.15) is 11.6 Å². The molecule has 1 saturated heterocycles. The van der Waals surface area contributed by atoms with Crippen molar-refractivity contribution < 1.29 is 18.3 Å². The molecule has 1 aromatic carbocycles. The Hall–Kier alpha value is -2.57. The zero-order valence-corrected chi connectivity index (χ0v) is 18.2. The summed E-state index contributed by atoms with van der Waals surface area (Å²) in [6, 6.07) is 3.57. The number of fused-ring (bicyclic) bond motifs is 2. The summed E-state index contributed by atoms with van der Waals surface area (Å²) in [5.41, 5.74) is -0.0930. The van der Waals surface area contributed by atoms with Crippen molar-refractivity contribution in [3.05, 3.63) is 47.0 Å². The van der Waals surface area contributed by atoms with Crippen molar-refractivity contribution >= 4 is 17.5 Å². The van der Waals surface area contributed by atoms with E-state index in [0.717, 1.165) is 37.8 Å². The average Bonchev–Trinajstić information content (AvgIpc) is 3.09. The highest BCUT2D eigenvalue weighted by molar-refractivity contribution is 6.15. The molecule has 0 unspecified atom stereocenters. The third-order valence-corrected chi connectivity index (χ3v) is 8.04. The quantitative estimate of drug-likeness (QED) is 0.649. The molecule has 5 nitrogen and oxygen atoms in total. The molecule has 2 aliphatic carbocycles. The number of methoxy groups -OCH3 is 1. The minimum atomic E-state index is -0.772. The van der Waals surface area contributed by atoms with E-state index in [1.54, 1.807) is 4.90 Å². The summed E-state index contributed by atoms with van der Waals surface area (Å²) in [5.74, 6) is -1.39. The third-order valence-electron chi connectivity index (χ3n) is 8.04. The standard InChI is InChI=1S/C24H29F2N3O2/c1-23(2)16-9-10-24(23,14-6-5-11-29(13-14)22(30)31-3)21(28)15(16)12-19(27)20-17(25)7-4-8-18(20)26/h4,7-8,12,14,16,27-28H,5-6,9-11,13H2,1-3H3/b15-12-,27-19?,28-21?/t14-,16-,24-/m0/s1. The van der Waals surface area contributed by atoms with E-state index < -0.39 is 17.0 Å². The molecule has 0 spiro atoms. The molecule has 1 aliphatic heterocycles. The van der Waals surface area contributed by atoms with Gasteiger partial charge in [0.15, 0.2) is 0 Å². The molecule has 166 valence electrons. The van der Waals surface area contributed by atoms with Gasteiger partial charge in [-0.25, -0.2) is 13.6 Å². The summed E-state index contributed by atoms with van der Waals surface area (Å²) in [4.78, 5) is 13.9. The molecule has 4 rings (SSSR count). The molecule has 2 N–H and O–H groups in total. The first-order chi connectivity index (χ1) is 14.6. The number of benzene rings is 1. The average molecular weight is 430 g/mol. The predicted octanol–water partition coefficient (Wildman–Crippen LogP) is 5.19. The number of allylic oxidation sites excluding steroid dienone is 2. The maximum Gasteiger partial charge on any atom is 0.409 e. The number of amides is 1. The highest BCUT2D eigenvalue weighted by atomic mass is 19.1. The molecule has 3 aliphatic rings. The molecular weight excluding hydrogens is 400 g/mol. The molecular formula is C24H29F2N3O2. The maximum atomic E-state index is 14.2. The van der Waals surface area contributed by atoms with Gasteiger partial charge >= 0.3 is 6.09 Å². The normalized spacial score (nSPS) is 30.7. The van der Waals surface area contributed by atoms with Gasteiger partial charge in [-0.3, -0.25) is 0 Å². The second kappa shape index (κ2) is 7.53. The Morgan fingerprint density at radius 3 is 2.58 bits per heavy atom. The Kier molecular flexibility index (Phi) is 5.26. The van der Waals surface area contributed by atoms with Crippen LogP contribution in [-0.2, 0) is 4.74 Å². The molecule has 3 fully saturated rings. The second-order valence-electron chi connectivity index (χ2n) is 9.52. The lowest BCUT2D eigenvalue weighted by Gasteiger charge is -2.47. The highest BCUT2D eigenvalue weighted by Gasteiger charge is 2.67. The SMILES string of the molecule is COC(=O)N1CCC[C@H]([C@@]23CC[C@@H](/C(=C/C(=N)c4c(F)cccc4F)C2=N)C3(C)C)C1. The number of nitrogens with one attached hydrogen (secondary N) is 2. The monoisotopic (exact) mass is 429 g/mol. The van der Waals surface area contributed by atoms with Crippen LogP contribution in [0.1, 0.15) is 45.1 Å². The number of carbonyl (C=O) groups excluding carboxylic acids is 1. The molecule has 0 radical (unpaired) electrons. The van der Waals surface area contributed by atoms with Crippen molar-refractivity contribution in [2.24, 2.45) is 22.7 Å². The molecule has 2 bridgehead atoms. The molecule has 7 heteroatoms. The molecule has 1 aromatic rings. The van der Waals surface area contributed by atoms with E-state index in [9.17, 15) is 13.6 Å². The van der Waals surface area contributed by atoms with Crippen LogP contribution in [0.25, 0.3) is 0 Å². The van der Waals surface area contributed by atoms with Gasteiger partial charge in [0.2, 0.25) is 0 Å². The van der Waals surface area contributed by atoms with Crippen molar-refractivity contribution in [3.8, 4) is 0 Å². The van der Waals surface area contributed by atoms with Crippen LogP contribution in [0.5, 0.6) is 0 Å². The van der Waals surface area contributed by atoms with Crippen LogP contribution in [-0.4, -0.2) is 42.6 Å². The van der Waals surface area contributed by atoms with Crippen molar-refractivity contribution in [3.63, 3.8) is 0 Å². The Morgan fingerprint density at radius 2 is 1.94 bits per heavy atom. The van der Waals surface area contributed by atoms with Crippen LogP contribution in [0.4, 0.5) is 13.6 Å². The first kappa shape index (κ1) is 21.7. The minimum Gasteiger partial charge on any atom is -0.453 e. The van der Waals surface area contributed by atoms with E-state index >= 15 is 0 Å². The van der Waals surface area contributed by atoms with Crippen molar-refractivity contribution in [2.45, 2.75) is 39.5 Å². The summed E-state index contributed by atoms with van der Waals surface area (Å²) in [6.45, 7) is 5.50. The van der Waals surface area contributed by atoms with Gasteiger partial charge in [0, 0.05) is 24.2 Å². The van der Waals surface area contributed by atoms with Crippen LogP contribution in [0, 0.1) is 45.1 Å². The van der Waals surface area contributed by atoms with Crippen LogP contribution in [0.3, 0.4) is 0 Å². The van der Waals surface area contributed by atoms with Gasteiger partial charge in [-0.15, -0.1) is 0 Å². The molecule has 3 atom stereocenters. The number of halogens is 2. The van der Waals surface area contributed by atoms with E-state index in [1.807, 2.05) is 0 Å². The molecule has 1 heterocycles. The van der Waals surface area contributed by atoms with Gasteiger partial charge in [0.05, 0.1) is 18.4 Å². The molecule has 2 saturated carbocycles. The van der Waals surface area contributed by atoms with Crippen molar-refractivity contribution in [1.82, 2.24) is 4.90 Å². The number of likely N-dealkylation sites (tertiary alicyclic amines) is 1. The number of piperidine rings is 1. The van der Waals surface area contributed by atoms with Gasteiger partial charge in [-0.1, -0.05) is 19.9 Å². The number of ether oxygens (including phenoxy) is 1. The molecule has 1 amide bonds. The number of nitrogens with zero attached hydrogens (tertiary/aromatic N) is 1. The van der Waals surface area contributed by atoms with Crippen LogP contribution < -0.4 is 0 Å². The van der Waals surface area contributed by atoms with Crippen molar-refractivity contribution in [1.29, 1.82) is 10.8 Å². The maximum absolute atomic E-state index is 14.2. The predicted molar refractivity (Wildman–Crippen MR) is 115 cm³/mol. The number of hydrogen-bond donors (Lipinski definition) is 2. The fourth-order valence-electron chi connectivity index (χ4n) is 6.55.